The van der Waals surface area contributed by atoms with Crippen molar-refractivity contribution in [2.45, 2.75) is 45.4 Å². The number of hydrogen-bond acceptors (Lipinski definition) is 3. The van der Waals surface area contributed by atoms with E-state index in [4.69, 9.17) is 11.5 Å². The van der Waals surface area contributed by atoms with Crippen LogP contribution >= 0.6 is 0 Å². The summed E-state index contributed by atoms with van der Waals surface area (Å²) in [6, 6.07) is 5.79. The van der Waals surface area contributed by atoms with Crippen LogP contribution in [0.5, 0.6) is 0 Å². The van der Waals surface area contributed by atoms with Crippen LogP contribution in [0.25, 0.3) is 0 Å². The van der Waals surface area contributed by atoms with Crippen molar-refractivity contribution in [1.82, 2.24) is 0 Å². The second-order valence-corrected chi connectivity index (χ2v) is 4.30. The van der Waals surface area contributed by atoms with Gasteiger partial charge in [-0.3, -0.25) is 0 Å². The van der Waals surface area contributed by atoms with E-state index < -0.39 is 11.8 Å². The number of rotatable bonds is 4. The van der Waals surface area contributed by atoms with Crippen LogP contribution in [0, 0.1) is 0 Å². The zero-order chi connectivity index (χ0) is 12.3. The van der Waals surface area contributed by atoms with E-state index in [0.717, 1.165) is 23.1 Å². The van der Waals surface area contributed by atoms with E-state index in [1.807, 2.05) is 25.1 Å². The monoisotopic (exact) mass is 222 g/mol. The second-order valence-electron chi connectivity index (χ2n) is 4.30. The average Bonchev–Trinajstić information content (AvgIpc) is 2.27. The largest absolute Gasteiger partial charge is 0.389 e. The van der Waals surface area contributed by atoms with Crippen LogP contribution in [0.3, 0.4) is 0 Å². The number of aliphatic hydroxyl groups is 1. The summed E-state index contributed by atoms with van der Waals surface area (Å²) < 4.78 is 0. The quantitative estimate of drug-likeness (QED) is 0.680. The van der Waals surface area contributed by atoms with Gasteiger partial charge in [0, 0.05) is 0 Å². The van der Waals surface area contributed by atoms with Gasteiger partial charge in [-0.1, -0.05) is 32.0 Å². The summed E-state index contributed by atoms with van der Waals surface area (Å²) in [6.07, 6.45) is 1.01. The first-order chi connectivity index (χ1) is 7.44. The maximum absolute atomic E-state index is 9.72. The Kier molecular flexibility index (Phi) is 4.08. The van der Waals surface area contributed by atoms with Crippen molar-refractivity contribution in [2.75, 3.05) is 0 Å². The number of hydrogen-bond donors (Lipinski definition) is 3. The molecule has 0 fully saturated rings. The zero-order valence-electron chi connectivity index (χ0n) is 10.3. The SMILES string of the molecule is CCc1c(C(C)O)cccc1C(N)(N)CC. The first-order valence-corrected chi connectivity index (χ1v) is 5.82. The predicted molar refractivity (Wildman–Crippen MR) is 66.8 cm³/mol. The Morgan fingerprint density at radius 3 is 2.38 bits per heavy atom. The van der Waals surface area contributed by atoms with E-state index in [1.54, 1.807) is 6.92 Å². The predicted octanol–water partition coefficient (Wildman–Crippen LogP) is 1.78. The van der Waals surface area contributed by atoms with Crippen molar-refractivity contribution in [1.29, 1.82) is 0 Å². The molecule has 0 saturated carbocycles. The number of nitrogens with two attached hydrogens (primary N) is 2. The molecule has 0 aromatic heterocycles. The molecule has 0 bridgehead atoms. The van der Waals surface area contributed by atoms with E-state index in [2.05, 4.69) is 6.92 Å². The molecule has 0 aliphatic rings. The van der Waals surface area contributed by atoms with Crippen LogP contribution in [0.1, 0.15) is 50.0 Å². The standard InChI is InChI=1S/C13H22N2O/c1-4-10-11(9(3)16)7-6-8-12(10)13(14,15)5-2/h6-9,16H,4-5,14-15H2,1-3H3. The average molecular weight is 222 g/mol. The highest BCUT2D eigenvalue weighted by Crippen LogP contribution is 2.27. The van der Waals surface area contributed by atoms with Crippen LogP contribution in [0.4, 0.5) is 0 Å². The fourth-order valence-electron chi connectivity index (χ4n) is 2.02. The Morgan fingerprint density at radius 1 is 1.31 bits per heavy atom. The molecule has 3 nitrogen and oxygen atoms in total. The van der Waals surface area contributed by atoms with Gasteiger partial charge in [0.25, 0.3) is 0 Å². The van der Waals surface area contributed by atoms with Crippen molar-refractivity contribution in [3.63, 3.8) is 0 Å². The Morgan fingerprint density at radius 2 is 1.94 bits per heavy atom. The summed E-state index contributed by atoms with van der Waals surface area (Å²) in [7, 11) is 0. The van der Waals surface area contributed by atoms with Gasteiger partial charge in [0.2, 0.25) is 0 Å². The Hall–Kier alpha value is -0.900. The zero-order valence-corrected chi connectivity index (χ0v) is 10.3. The van der Waals surface area contributed by atoms with Crippen molar-refractivity contribution < 1.29 is 5.11 Å². The maximum atomic E-state index is 9.72. The van der Waals surface area contributed by atoms with Crippen LogP contribution in [-0.2, 0) is 12.1 Å². The molecule has 0 spiro atoms. The summed E-state index contributed by atoms with van der Waals surface area (Å²) in [5, 5.41) is 9.72. The first-order valence-electron chi connectivity index (χ1n) is 5.82. The lowest BCUT2D eigenvalue weighted by atomic mass is 9.88. The molecule has 3 heteroatoms. The molecule has 0 aliphatic heterocycles. The van der Waals surface area contributed by atoms with E-state index in [0.29, 0.717) is 6.42 Å². The Labute approximate surface area is 97.5 Å². The molecule has 1 unspecified atom stereocenters. The van der Waals surface area contributed by atoms with Gasteiger partial charge in [-0.2, -0.15) is 0 Å². The number of benzene rings is 1. The van der Waals surface area contributed by atoms with Crippen molar-refractivity contribution >= 4 is 0 Å². The summed E-state index contributed by atoms with van der Waals surface area (Å²) >= 11 is 0. The molecule has 1 rings (SSSR count). The minimum absolute atomic E-state index is 0.484. The van der Waals surface area contributed by atoms with Gasteiger partial charge in [0.15, 0.2) is 0 Å². The lowest BCUT2D eigenvalue weighted by Gasteiger charge is -2.28. The molecule has 0 saturated heterocycles. The molecular formula is C13H22N2O. The highest BCUT2D eigenvalue weighted by molar-refractivity contribution is 5.40. The van der Waals surface area contributed by atoms with Gasteiger partial charge in [-0.15, -0.1) is 0 Å². The fourth-order valence-corrected chi connectivity index (χ4v) is 2.02. The van der Waals surface area contributed by atoms with Crippen LogP contribution < -0.4 is 11.5 Å². The first kappa shape index (κ1) is 13.2. The molecule has 0 heterocycles. The fraction of sp³-hybridized carbons (Fsp3) is 0.538. The van der Waals surface area contributed by atoms with Gasteiger partial charge < -0.3 is 16.6 Å². The summed E-state index contributed by atoms with van der Waals surface area (Å²) in [5.41, 5.74) is 14.3. The smallest absolute Gasteiger partial charge is 0.0899 e. The van der Waals surface area contributed by atoms with Gasteiger partial charge >= 0.3 is 0 Å². The Bertz CT molecular complexity index is 359. The third-order valence-corrected chi connectivity index (χ3v) is 3.10. The number of aliphatic hydroxyl groups excluding tert-OH is 1. The van der Waals surface area contributed by atoms with Gasteiger partial charge in [-0.25, -0.2) is 0 Å². The van der Waals surface area contributed by atoms with Gasteiger partial charge in [0.05, 0.1) is 11.8 Å². The Balaban J connectivity index is 3.35. The normalized spacial score (nSPS) is 13.9. The van der Waals surface area contributed by atoms with Crippen molar-refractivity contribution in [3.8, 4) is 0 Å². The molecule has 90 valence electrons. The maximum Gasteiger partial charge on any atom is 0.0899 e. The van der Waals surface area contributed by atoms with Crippen molar-refractivity contribution in [2.24, 2.45) is 11.5 Å². The van der Waals surface area contributed by atoms with Crippen molar-refractivity contribution in [3.05, 3.63) is 34.9 Å². The molecule has 0 amide bonds. The topological polar surface area (TPSA) is 72.3 Å². The highest BCUT2D eigenvalue weighted by atomic mass is 16.3. The van der Waals surface area contributed by atoms with E-state index >= 15 is 0 Å². The molecule has 1 aromatic rings. The summed E-state index contributed by atoms with van der Waals surface area (Å²) in [6.45, 7) is 5.78. The molecule has 1 atom stereocenters. The summed E-state index contributed by atoms with van der Waals surface area (Å²) in [5.74, 6) is 0. The minimum Gasteiger partial charge on any atom is -0.389 e. The van der Waals surface area contributed by atoms with E-state index in [9.17, 15) is 5.11 Å². The third-order valence-electron chi connectivity index (χ3n) is 3.10. The van der Waals surface area contributed by atoms with Gasteiger partial charge in [0.1, 0.15) is 0 Å². The molecule has 0 radical (unpaired) electrons. The van der Waals surface area contributed by atoms with E-state index in [-0.39, 0.29) is 0 Å². The second kappa shape index (κ2) is 4.95. The van der Waals surface area contributed by atoms with Crippen LogP contribution in [-0.4, -0.2) is 5.11 Å². The lowest BCUT2D eigenvalue weighted by molar-refractivity contribution is 0.198. The van der Waals surface area contributed by atoms with E-state index in [1.165, 1.54) is 0 Å². The molecular weight excluding hydrogens is 200 g/mol. The molecule has 1 aromatic carbocycles. The minimum atomic E-state index is -0.809. The molecule has 0 aliphatic carbocycles. The van der Waals surface area contributed by atoms with Crippen LogP contribution in [0.2, 0.25) is 0 Å². The lowest BCUT2D eigenvalue weighted by Crippen LogP contribution is -2.46. The molecule has 5 N–H and O–H groups in total. The van der Waals surface area contributed by atoms with Gasteiger partial charge in [-0.05, 0) is 36.5 Å². The van der Waals surface area contributed by atoms with Crippen LogP contribution in [0.15, 0.2) is 18.2 Å². The highest BCUT2D eigenvalue weighted by Gasteiger charge is 2.24. The molecule has 16 heavy (non-hydrogen) atoms. The third kappa shape index (κ3) is 2.43. The summed E-state index contributed by atoms with van der Waals surface area (Å²) in [4.78, 5) is 0.